The van der Waals surface area contributed by atoms with Crippen molar-refractivity contribution in [1.82, 2.24) is 5.32 Å². The van der Waals surface area contributed by atoms with Gasteiger partial charge in [0, 0.05) is 44.7 Å². The molecule has 0 amide bonds. The average molecular weight is 348 g/mol. The number of carbonyl (C=O) groups excluding carboxylic acids is 2. The van der Waals surface area contributed by atoms with Crippen molar-refractivity contribution in [2.24, 2.45) is 5.34 Å². The summed E-state index contributed by atoms with van der Waals surface area (Å²) in [4.78, 5) is 41.8. The van der Waals surface area contributed by atoms with Crippen molar-refractivity contribution >= 4 is 17.9 Å². The molecule has 24 heavy (non-hydrogen) atoms. The Balaban J connectivity index is 0. The Morgan fingerprint density at radius 3 is 1.58 bits per heavy atom. The van der Waals surface area contributed by atoms with Gasteiger partial charge in [-0.3, -0.25) is 14.4 Å². The predicted molar refractivity (Wildman–Crippen MR) is 87.0 cm³/mol. The molecule has 1 heterocycles. The van der Waals surface area contributed by atoms with Gasteiger partial charge >= 0.3 is 11.9 Å². The molecule has 0 unspecified atom stereocenters. The van der Waals surface area contributed by atoms with Crippen LogP contribution in [0.15, 0.2) is 5.34 Å². The summed E-state index contributed by atoms with van der Waals surface area (Å²) in [5.41, 5.74) is 0.0870. The standard InChI is InChI=1S/C11H21NO2.C2H3NO3.C2H4O2/c1-8(13)14-9-6-10(2,3)12-11(4,5)7-9;1-2(4)6-3-5;1-2(3)4/h9,12H,6-7H2,1-5H3;1H3;1H3,(H,3,4). The molecule has 2 N–H and O–H groups in total. The minimum absolute atomic E-state index is 0.0435. The largest absolute Gasteiger partial charge is 0.481 e. The van der Waals surface area contributed by atoms with Gasteiger partial charge in [0.1, 0.15) is 6.10 Å². The number of carboxylic acids is 1. The summed E-state index contributed by atoms with van der Waals surface area (Å²) in [6.07, 6.45) is 1.82. The average Bonchev–Trinajstić information content (AvgIpc) is 2.21. The Morgan fingerprint density at radius 1 is 1.00 bits per heavy atom. The van der Waals surface area contributed by atoms with Crippen LogP contribution in [0, 0.1) is 4.91 Å². The highest BCUT2D eigenvalue weighted by Crippen LogP contribution is 2.30. The van der Waals surface area contributed by atoms with Crippen molar-refractivity contribution in [3.63, 3.8) is 0 Å². The Kier molecular flexibility index (Phi) is 10.8. The lowest BCUT2D eigenvalue weighted by atomic mass is 9.81. The molecule has 0 aromatic carbocycles. The van der Waals surface area contributed by atoms with Gasteiger partial charge in [-0.2, -0.15) is 0 Å². The van der Waals surface area contributed by atoms with Crippen LogP contribution in [-0.2, 0) is 24.0 Å². The van der Waals surface area contributed by atoms with Gasteiger partial charge in [0.25, 0.3) is 5.97 Å². The summed E-state index contributed by atoms with van der Waals surface area (Å²) in [6, 6.07) is 0. The van der Waals surface area contributed by atoms with E-state index in [1.807, 2.05) is 5.34 Å². The zero-order chi connectivity index (χ0) is 19.6. The molecule has 0 saturated carbocycles. The van der Waals surface area contributed by atoms with Crippen LogP contribution in [0.1, 0.15) is 61.3 Å². The van der Waals surface area contributed by atoms with Gasteiger partial charge in [-0.1, -0.05) is 0 Å². The number of carbonyl (C=O) groups is 3. The molecule has 9 nitrogen and oxygen atoms in total. The molecule has 0 bridgehead atoms. The van der Waals surface area contributed by atoms with Gasteiger partial charge in [-0.15, -0.1) is 4.91 Å². The second kappa shape index (κ2) is 10.7. The molecular weight excluding hydrogens is 320 g/mol. The van der Waals surface area contributed by atoms with Gasteiger partial charge in [0.15, 0.2) is 5.34 Å². The zero-order valence-corrected chi connectivity index (χ0v) is 15.3. The number of hydrogen-bond acceptors (Lipinski definition) is 8. The van der Waals surface area contributed by atoms with Gasteiger partial charge in [-0.05, 0) is 27.7 Å². The lowest BCUT2D eigenvalue weighted by Gasteiger charge is -2.45. The minimum atomic E-state index is -0.833. The van der Waals surface area contributed by atoms with E-state index in [1.165, 1.54) is 6.92 Å². The first-order chi connectivity index (χ1) is 10.7. The van der Waals surface area contributed by atoms with E-state index < -0.39 is 11.9 Å². The Morgan fingerprint density at radius 2 is 1.38 bits per heavy atom. The van der Waals surface area contributed by atoms with Crippen molar-refractivity contribution < 1.29 is 29.1 Å². The third-order valence-electron chi connectivity index (χ3n) is 2.65. The van der Waals surface area contributed by atoms with E-state index >= 15 is 0 Å². The first kappa shape index (κ1) is 24.2. The van der Waals surface area contributed by atoms with E-state index in [9.17, 15) is 9.59 Å². The maximum Gasteiger partial charge on any atom is 0.335 e. The van der Waals surface area contributed by atoms with Crippen molar-refractivity contribution in [1.29, 1.82) is 0 Å². The number of rotatable bonds is 2. The second-order valence-corrected chi connectivity index (χ2v) is 6.71. The van der Waals surface area contributed by atoms with E-state index in [4.69, 9.17) is 19.5 Å². The smallest absolute Gasteiger partial charge is 0.335 e. The van der Waals surface area contributed by atoms with Crippen LogP contribution < -0.4 is 5.32 Å². The monoisotopic (exact) mass is 348 g/mol. The first-order valence-corrected chi connectivity index (χ1v) is 7.37. The Hall–Kier alpha value is -2.03. The highest BCUT2D eigenvalue weighted by molar-refractivity contribution is 5.66. The molecular formula is C15H28N2O7. The first-order valence-electron chi connectivity index (χ1n) is 7.37. The van der Waals surface area contributed by atoms with Crippen LogP contribution in [0.2, 0.25) is 0 Å². The number of aliphatic carboxylic acids is 1. The van der Waals surface area contributed by atoms with Crippen LogP contribution in [0.25, 0.3) is 0 Å². The topological polar surface area (TPSA) is 131 Å². The van der Waals surface area contributed by atoms with Crippen LogP contribution >= 0.6 is 0 Å². The van der Waals surface area contributed by atoms with E-state index in [2.05, 4.69) is 37.8 Å². The quantitative estimate of drug-likeness (QED) is 0.441. The molecule has 0 radical (unpaired) electrons. The lowest BCUT2D eigenvalue weighted by molar-refractivity contribution is -0.150. The molecule has 1 saturated heterocycles. The SMILES string of the molecule is CC(=O)O.CC(=O)OC1CC(C)(C)NC(C)(C)C1.CC(=O)ON=O. The number of nitrogens with zero attached hydrogens (tertiary/aromatic N) is 1. The summed E-state index contributed by atoms with van der Waals surface area (Å²) in [7, 11) is 0. The Bertz CT molecular complexity index is 427. The van der Waals surface area contributed by atoms with Crippen molar-refractivity contribution in [3.8, 4) is 0 Å². The normalized spacial score (nSPS) is 17.8. The van der Waals surface area contributed by atoms with Crippen molar-refractivity contribution in [2.75, 3.05) is 0 Å². The molecule has 0 aliphatic carbocycles. The van der Waals surface area contributed by atoms with Crippen LogP contribution in [0.3, 0.4) is 0 Å². The lowest BCUT2D eigenvalue weighted by Crippen LogP contribution is -2.59. The summed E-state index contributed by atoms with van der Waals surface area (Å²) in [5, 5.41) is 12.8. The summed E-state index contributed by atoms with van der Waals surface area (Å²) in [5.74, 6) is -1.70. The summed E-state index contributed by atoms with van der Waals surface area (Å²) < 4.78 is 5.28. The number of esters is 1. The van der Waals surface area contributed by atoms with Gasteiger partial charge in [0.05, 0.1) is 0 Å². The van der Waals surface area contributed by atoms with E-state index in [0.29, 0.717) is 0 Å². The maximum atomic E-state index is 10.9. The van der Waals surface area contributed by atoms with Crippen LogP contribution in [-0.4, -0.2) is 40.2 Å². The molecule has 140 valence electrons. The fourth-order valence-corrected chi connectivity index (χ4v) is 2.60. The minimum Gasteiger partial charge on any atom is -0.481 e. The maximum absolute atomic E-state index is 10.9. The molecule has 1 fully saturated rings. The number of ether oxygens (including phenoxy) is 1. The second-order valence-electron chi connectivity index (χ2n) is 6.71. The number of hydrogen-bond donors (Lipinski definition) is 2. The van der Waals surface area contributed by atoms with E-state index in [1.54, 1.807) is 0 Å². The molecule has 9 heteroatoms. The predicted octanol–water partition coefficient (Wildman–Crippen LogP) is 2.18. The fraction of sp³-hybridized carbons (Fsp3) is 0.800. The molecule has 1 rings (SSSR count). The number of carboxylic acid groups (broad SMARTS) is 1. The molecule has 1 aliphatic rings. The van der Waals surface area contributed by atoms with Gasteiger partial charge in [-0.25, -0.2) is 4.79 Å². The van der Waals surface area contributed by atoms with Crippen molar-refractivity contribution in [3.05, 3.63) is 4.91 Å². The zero-order valence-electron chi connectivity index (χ0n) is 15.3. The number of nitrogens with one attached hydrogen (secondary N) is 1. The molecule has 0 atom stereocenters. The highest BCUT2D eigenvalue weighted by atomic mass is 16.7. The molecule has 1 aliphatic heterocycles. The van der Waals surface area contributed by atoms with Crippen molar-refractivity contribution in [2.45, 2.75) is 78.5 Å². The third-order valence-corrected chi connectivity index (χ3v) is 2.65. The van der Waals surface area contributed by atoms with Crippen LogP contribution in [0.4, 0.5) is 0 Å². The van der Waals surface area contributed by atoms with Gasteiger partial charge < -0.3 is 15.2 Å². The molecule has 0 aromatic heterocycles. The summed E-state index contributed by atoms with van der Waals surface area (Å²) >= 11 is 0. The molecule has 0 spiro atoms. The van der Waals surface area contributed by atoms with Gasteiger partial charge in [0.2, 0.25) is 0 Å². The number of piperidine rings is 1. The summed E-state index contributed by atoms with van der Waals surface area (Å²) in [6.45, 7) is 12.2. The Labute approximate surface area is 142 Å². The van der Waals surface area contributed by atoms with E-state index in [-0.39, 0.29) is 23.2 Å². The molecule has 0 aromatic rings. The van der Waals surface area contributed by atoms with E-state index in [0.717, 1.165) is 26.7 Å². The third kappa shape index (κ3) is 16.3. The highest BCUT2D eigenvalue weighted by Gasteiger charge is 2.38. The fourth-order valence-electron chi connectivity index (χ4n) is 2.60. The van der Waals surface area contributed by atoms with Crippen LogP contribution in [0.5, 0.6) is 0 Å².